The van der Waals surface area contributed by atoms with Gasteiger partial charge in [-0.25, -0.2) is 4.39 Å². The van der Waals surface area contributed by atoms with Gasteiger partial charge in [0, 0.05) is 35.4 Å². The standard InChI is InChI=1S/C12H16ClFN2OS/c1-15-11-8-10(14)4-5-12(11)16(9-13)6-3-7-18(2)17/h4-5,8H,1,3,6-7,9H2,2H3. The van der Waals surface area contributed by atoms with Crippen molar-refractivity contribution in [1.29, 1.82) is 0 Å². The fraction of sp³-hybridized carbons (Fsp3) is 0.417. The van der Waals surface area contributed by atoms with E-state index >= 15 is 0 Å². The van der Waals surface area contributed by atoms with Gasteiger partial charge in [0.2, 0.25) is 0 Å². The minimum Gasteiger partial charge on any atom is -0.356 e. The lowest BCUT2D eigenvalue weighted by Gasteiger charge is -2.23. The Hall–Kier alpha value is -0.940. The van der Waals surface area contributed by atoms with E-state index in [2.05, 4.69) is 11.7 Å². The van der Waals surface area contributed by atoms with Crippen molar-refractivity contribution in [2.24, 2.45) is 4.99 Å². The first-order valence-electron chi connectivity index (χ1n) is 5.45. The van der Waals surface area contributed by atoms with Gasteiger partial charge >= 0.3 is 0 Å². The Morgan fingerprint density at radius 2 is 2.28 bits per heavy atom. The SMILES string of the molecule is C=Nc1cc(F)ccc1N(CCl)CCCS(C)=O. The van der Waals surface area contributed by atoms with Gasteiger partial charge in [-0.15, -0.1) is 11.6 Å². The Morgan fingerprint density at radius 3 is 2.83 bits per heavy atom. The highest BCUT2D eigenvalue weighted by atomic mass is 35.5. The average molecular weight is 291 g/mol. The van der Waals surface area contributed by atoms with E-state index in [1.165, 1.54) is 12.1 Å². The monoisotopic (exact) mass is 290 g/mol. The van der Waals surface area contributed by atoms with E-state index < -0.39 is 10.8 Å². The summed E-state index contributed by atoms with van der Waals surface area (Å²) in [5.41, 5.74) is 1.21. The molecule has 0 saturated carbocycles. The summed E-state index contributed by atoms with van der Waals surface area (Å²) in [6, 6.07) is 4.58. The van der Waals surface area contributed by atoms with E-state index in [0.29, 0.717) is 18.0 Å². The fourth-order valence-corrected chi connectivity index (χ4v) is 2.38. The second kappa shape index (κ2) is 7.48. The molecule has 0 N–H and O–H groups in total. The van der Waals surface area contributed by atoms with Crippen LogP contribution in [0.25, 0.3) is 0 Å². The Labute approximate surface area is 114 Å². The summed E-state index contributed by atoms with van der Waals surface area (Å²) in [7, 11) is -0.817. The van der Waals surface area contributed by atoms with Gasteiger partial charge < -0.3 is 4.90 Å². The van der Waals surface area contributed by atoms with E-state index in [9.17, 15) is 8.60 Å². The van der Waals surface area contributed by atoms with Gasteiger partial charge in [0.05, 0.1) is 17.4 Å². The summed E-state index contributed by atoms with van der Waals surface area (Å²) in [5.74, 6) is 0.260. The van der Waals surface area contributed by atoms with Crippen molar-refractivity contribution in [3.63, 3.8) is 0 Å². The molecular formula is C12H16ClFN2OS. The molecule has 18 heavy (non-hydrogen) atoms. The molecule has 0 amide bonds. The van der Waals surface area contributed by atoms with Gasteiger partial charge in [0.15, 0.2) is 0 Å². The van der Waals surface area contributed by atoms with Crippen molar-refractivity contribution in [3.8, 4) is 0 Å². The maximum atomic E-state index is 13.1. The Balaban J connectivity index is 2.81. The van der Waals surface area contributed by atoms with Crippen molar-refractivity contribution in [1.82, 2.24) is 0 Å². The van der Waals surface area contributed by atoms with E-state index in [1.807, 2.05) is 4.90 Å². The van der Waals surface area contributed by atoms with Crippen molar-refractivity contribution in [2.45, 2.75) is 6.42 Å². The second-order valence-corrected chi connectivity index (χ2v) is 5.60. The third-order valence-corrected chi connectivity index (χ3v) is 3.60. The summed E-state index contributed by atoms with van der Waals surface area (Å²) >= 11 is 5.88. The lowest BCUT2D eigenvalue weighted by atomic mass is 10.2. The molecule has 0 spiro atoms. The highest BCUT2D eigenvalue weighted by molar-refractivity contribution is 7.84. The van der Waals surface area contributed by atoms with Gasteiger partial charge in [-0.2, -0.15) is 0 Å². The quantitative estimate of drug-likeness (QED) is 0.439. The molecule has 1 atom stereocenters. The summed E-state index contributed by atoms with van der Waals surface area (Å²) in [4.78, 5) is 5.65. The lowest BCUT2D eigenvalue weighted by Crippen LogP contribution is -2.24. The molecule has 3 nitrogen and oxygen atoms in total. The molecule has 1 aromatic carbocycles. The zero-order valence-electron chi connectivity index (χ0n) is 10.2. The number of aliphatic imine (C=N–C) groups is 1. The van der Waals surface area contributed by atoms with Crippen molar-refractivity contribution < 1.29 is 8.60 Å². The number of halogens is 2. The zero-order chi connectivity index (χ0) is 13.5. The number of alkyl halides is 1. The molecule has 1 rings (SSSR count). The number of hydrogen-bond donors (Lipinski definition) is 0. The molecule has 6 heteroatoms. The summed E-state index contributed by atoms with van der Waals surface area (Å²) < 4.78 is 24.1. The largest absolute Gasteiger partial charge is 0.356 e. The van der Waals surface area contributed by atoms with Gasteiger partial charge in [-0.3, -0.25) is 9.20 Å². The van der Waals surface area contributed by atoms with Crippen LogP contribution in [0.5, 0.6) is 0 Å². The molecule has 0 heterocycles. The molecule has 0 aromatic heterocycles. The fourth-order valence-electron chi connectivity index (χ4n) is 1.59. The number of rotatable bonds is 7. The van der Waals surface area contributed by atoms with Crippen LogP contribution in [0.15, 0.2) is 23.2 Å². The molecule has 1 unspecified atom stereocenters. The van der Waals surface area contributed by atoms with E-state index in [-0.39, 0.29) is 11.8 Å². The number of nitrogens with zero attached hydrogens (tertiary/aromatic N) is 2. The predicted octanol–water partition coefficient (Wildman–Crippen LogP) is 2.93. The zero-order valence-corrected chi connectivity index (χ0v) is 11.8. The maximum Gasteiger partial charge on any atom is 0.125 e. The van der Waals surface area contributed by atoms with Crippen molar-refractivity contribution in [3.05, 3.63) is 24.0 Å². The topological polar surface area (TPSA) is 32.7 Å². The van der Waals surface area contributed by atoms with Crippen LogP contribution in [0.3, 0.4) is 0 Å². The Morgan fingerprint density at radius 1 is 1.56 bits per heavy atom. The minimum absolute atomic E-state index is 0.268. The third-order valence-electron chi connectivity index (χ3n) is 2.45. The van der Waals surface area contributed by atoms with Crippen molar-refractivity contribution >= 4 is 40.5 Å². The maximum absolute atomic E-state index is 13.1. The normalized spacial score (nSPS) is 12.2. The van der Waals surface area contributed by atoms with Crippen LogP contribution >= 0.6 is 11.6 Å². The van der Waals surface area contributed by atoms with Gasteiger partial charge in [-0.1, -0.05) is 0 Å². The summed E-state index contributed by atoms with van der Waals surface area (Å²) in [6.45, 7) is 4.07. The lowest BCUT2D eigenvalue weighted by molar-refractivity contribution is 0.628. The first kappa shape index (κ1) is 15.1. The predicted molar refractivity (Wildman–Crippen MR) is 77.2 cm³/mol. The first-order valence-corrected chi connectivity index (χ1v) is 7.72. The Kier molecular flexibility index (Phi) is 6.29. The summed E-state index contributed by atoms with van der Waals surface area (Å²) in [6.07, 6.45) is 2.42. The van der Waals surface area contributed by atoms with E-state index in [0.717, 1.165) is 12.1 Å². The molecule has 0 aliphatic carbocycles. The van der Waals surface area contributed by atoms with Crippen LogP contribution in [-0.2, 0) is 10.8 Å². The third kappa shape index (κ3) is 4.38. The summed E-state index contributed by atoms with van der Waals surface area (Å²) in [5, 5.41) is 0. The highest BCUT2D eigenvalue weighted by Gasteiger charge is 2.10. The van der Waals surface area contributed by atoms with E-state index in [4.69, 9.17) is 11.6 Å². The minimum atomic E-state index is -0.817. The number of anilines is 1. The van der Waals surface area contributed by atoms with Gasteiger partial charge in [0.1, 0.15) is 5.82 Å². The smallest absolute Gasteiger partial charge is 0.125 e. The average Bonchev–Trinajstić information content (AvgIpc) is 2.34. The molecule has 0 radical (unpaired) electrons. The molecule has 1 aromatic rings. The van der Waals surface area contributed by atoms with Crippen LogP contribution < -0.4 is 4.90 Å². The molecule has 0 fully saturated rings. The number of benzene rings is 1. The van der Waals surface area contributed by atoms with Crippen LogP contribution in [0, 0.1) is 5.82 Å². The molecular weight excluding hydrogens is 275 g/mol. The molecule has 0 bridgehead atoms. The van der Waals surface area contributed by atoms with Crippen molar-refractivity contribution in [2.75, 3.05) is 29.5 Å². The van der Waals surface area contributed by atoms with Gasteiger partial charge in [-0.05, 0) is 25.3 Å². The van der Waals surface area contributed by atoms with E-state index in [1.54, 1.807) is 12.3 Å². The molecule has 0 aliphatic heterocycles. The second-order valence-electron chi connectivity index (χ2n) is 3.80. The van der Waals surface area contributed by atoms with Crippen LogP contribution in [-0.4, -0.2) is 35.5 Å². The first-order chi connectivity index (χ1) is 8.58. The Bertz CT molecular complexity index is 442. The highest BCUT2D eigenvalue weighted by Crippen LogP contribution is 2.29. The molecule has 0 saturated heterocycles. The van der Waals surface area contributed by atoms with Gasteiger partial charge in [0.25, 0.3) is 0 Å². The van der Waals surface area contributed by atoms with Crippen LogP contribution in [0.2, 0.25) is 0 Å². The van der Waals surface area contributed by atoms with Crippen LogP contribution in [0.4, 0.5) is 15.8 Å². The molecule has 0 aliphatic rings. The van der Waals surface area contributed by atoms with Crippen LogP contribution in [0.1, 0.15) is 6.42 Å². The molecule has 100 valence electrons. The number of hydrogen-bond acceptors (Lipinski definition) is 3.